The maximum atomic E-state index is 14.2. The molecule has 42 heavy (non-hydrogen) atoms. The average Bonchev–Trinajstić information content (AvgIpc) is 3.21. The van der Waals surface area contributed by atoms with Gasteiger partial charge < -0.3 is 19.1 Å². The lowest BCUT2D eigenvalue weighted by Gasteiger charge is -2.28. The summed E-state index contributed by atoms with van der Waals surface area (Å²) in [5.74, 6) is -1.51. The Labute approximate surface area is 237 Å². The van der Waals surface area contributed by atoms with Gasteiger partial charge in [-0.05, 0) is 48.0 Å². The lowest BCUT2D eigenvalue weighted by atomic mass is 10.0. The van der Waals surface area contributed by atoms with E-state index in [9.17, 15) is 32.5 Å². The molecule has 1 amide bonds. The van der Waals surface area contributed by atoms with E-state index in [1.54, 1.807) is 17.0 Å². The molecule has 0 aliphatic carbocycles. The highest BCUT2D eigenvalue weighted by Crippen LogP contribution is 2.43. The predicted octanol–water partition coefficient (Wildman–Crippen LogP) is 5.77. The van der Waals surface area contributed by atoms with Crippen LogP contribution in [-0.4, -0.2) is 62.2 Å². The molecule has 0 bridgehead atoms. The van der Waals surface area contributed by atoms with Crippen LogP contribution in [0.3, 0.4) is 0 Å². The Morgan fingerprint density at radius 3 is 2.43 bits per heavy atom. The van der Waals surface area contributed by atoms with E-state index in [2.05, 4.69) is 4.90 Å². The number of alkyl halides is 3. The first-order valence-corrected chi connectivity index (χ1v) is 12.9. The standard InChI is InChI=1S/C29H25F4N3O6/c1-40-27-15-18(2-6-26(27)42-25-7-4-20(36(38)39)17-23(25)29(31,32)33)14-22-21-16-19(30)3-5-24(21)35(28(22)37)9-8-34-10-12-41-13-11-34/h2-7,14-17H,8-13H2,1H3. The summed E-state index contributed by atoms with van der Waals surface area (Å²) in [6, 6.07) is 10.6. The molecule has 2 aliphatic rings. The van der Waals surface area contributed by atoms with Gasteiger partial charge in [-0.1, -0.05) is 6.07 Å². The molecule has 1 saturated heterocycles. The number of ether oxygens (including phenoxy) is 3. The quantitative estimate of drug-likeness (QED) is 0.143. The number of nitro benzene ring substituents is 1. The highest BCUT2D eigenvalue weighted by Gasteiger charge is 2.37. The molecule has 0 saturated carbocycles. The Kier molecular flexibility index (Phi) is 8.14. The minimum absolute atomic E-state index is 0.0462. The fraction of sp³-hybridized carbons (Fsp3) is 0.276. The number of fused-ring (bicyclic) bond motifs is 1. The van der Waals surface area contributed by atoms with Crippen molar-refractivity contribution in [3.05, 3.63) is 87.2 Å². The number of carbonyl (C=O) groups is 1. The molecule has 0 radical (unpaired) electrons. The molecule has 0 atom stereocenters. The van der Waals surface area contributed by atoms with E-state index < -0.39 is 33.9 Å². The van der Waals surface area contributed by atoms with Crippen molar-refractivity contribution in [1.82, 2.24) is 4.90 Å². The molecule has 0 spiro atoms. The average molecular weight is 588 g/mol. The van der Waals surface area contributed by atoms with Crippen LogP contribution in [0.1, 0.15) is 16.7 Å². The second-order valence-electron chi connectivity index (χ2n) is 9.58. The summed E-state index contributed by atoms with van der Waals surface area (Å²) in [6.45, 7) is 3.73. The zero-order chi connectivity index (χ0) is 30.0. The molecular formula is C29H25F4N3O6. The number of nitrogens with zero attached hydrogens (tertiary/aromatic N) is 3. The number of non-ortho nitro benzene ring substituents is 1. The third kappa shape index (κ3) is 6.06. The first kappa shape index (κ1) is 29.0. The number of benzene rings is 3. The largest absolute Gasteiger partial charge is 0.493 e. The van der Waals surface area contributed by atoms with E-state index in [-0.39, 0.29) is 23.0 Å². The summed E-state index contributed by atoms with van der Waals surface area (Å²) in [7, 11) is 1.29. The lowest BCUT2D eigenvalue weighted by molar-refractivity contribution is -0.385. The van der Waals surface area contributed by atoms with Crippen molar-refractivity contribution in [2.45, 2.75) is 6.18 Å². The third-order valence-corrected chi connectivity index (χ3v) is 6.96. The number of halogens is 4. The monoisotopic (exact) mass is 587 g/mol. The van der Waals surface area contributed by atoms with Gasteiger partial charge in [-0.25, -0.2) is 4.39 Å². The van der Waals surface area contributed by atoms with Crippen LogP contribution in [0.4, 0.5) is 28.9 Å². The SMILES string of the molecule is COc1cc(C=C2C(=O)N(CCN3CCOCC3)c3ccc(F)cc32)ccc1Oc1ccc([N+](=O)[O-])cc1C(F)(F)F. The van der Waals surface area contributed by atoms with Crippen LogP contribution >= 0.6 is 0 Å². The number of methoxy groups -OCH3 is 1. The van der Waals surface area contributed by atoms with Gasteiger partial charge >= 0.3 is 6.18 Å². The zero-order valence-corrected chi connectivity index (χ0v) is 22.3. The maximum absolute atomic E-state index is 14.2. The molecule has 3 aromatic rings. The van der Waals surface area contributed by atoms with Crippen molar-refractivity contribution in [2.24, 2.45) is 0 Å². The van der Waals surface area contributed by atoms with Crippen molar-refractivity contribution >= 4 is 28.9 Å². The second-order valence-corrected chi connectivity index (χ2v) is 9.58. The van der Waals surface area contributed by atoms with Crippen LogP contribution in [0.15, 0.2) is 54.6 Å². The summed E-state index contributed by atoms with van der Waals surface area (Å²) in [4.78, 5) is 27.3. The topological polar surface area (TPSA) is 94.4 Å². The van der Waals surface area contributed by atoms with Gasteiger partial charge in [0.2, 0.25) is 0 Å². The van der Waals surface area contributed by atoms with Gasteiger partial charge in [0, 0.05) is 49.4 Å². The zero-order valence-electron chi connectivity index (χ0n) is 22.3. The van der Waals surface area contributed by atoms with Crippen molar-refractivity contribution in [1.29, 1.82) is 0 Å². The molecule has 1 fully saturated rings. The normalized spacial score (nSPS) is 16.5. The van der Waals surface area contributed by atoms with E-state index in [0.29, 0.717) is 49.2 Å². The Hall–Kier alpha value is -4.49. The summed E-state index contributed by atoms with van der Waals surface area (Å²) in [6.07, 6.45) is -3.37. The molecule has 0 aromatic heterocycles. The van der Waals surface area contributed by atoms with Gasteiger partial charge in [0.25, 0.3) is 11.6 Å². The summed E-state index contributed by atoms with van der Waals surface area (Å²) >= 11 is 0. The lowest BCUT2D eigenvalue weighted by Crippen LogP contribution is -2.42. The number of hydrogen-bond acceptors (Lipinski definition) is 7. The number of carbonyl (C=O) groups excluding carboxylic acids is 1. The van der Waals surface area contributed by atoms with Crippen LogP contribution in [0, 0.1) is 15.9 Å². The van der Waals surface area contributed by atoms with Crippen LogP contribution in [0.5, 0.6) is 17.2 Å². The van der Waals surface area contributed by atoms with Crippen molar-refractivity contribution in [2.75, 3.05) is 51.4 Å². The van der Waals surface area contributed by atoms with Crippen LogP contribution in [-0.2, 0) is 15.7 Å². The maximum Gasteiger partial charge on any atom is 0.420 e. The minimum atomic E-state index is -4.92. The molecule has 2 heterocycles. The fourth-order valence-electron chi connectivity index (χ4n) is 4.84. The molecule has 220 valence electrons. The Bertz CT molecular complexity index is 1550. The summed E-state index contributed by atoms with van der Waals surface area (Å²) in [5, 5.41) is 11.0. The summed E-state index contributed by atoms with van der Waals surface area (Å²) < 4.78 is 71.3. The molecule has 2 aliphatic heterocycles. The Morgan fingerprint density at radius 2 is 1.74 bits per heavy atom. The van der Waals surface area contributed by atoms with Crippen molar-refractivity contribution in [3.63, 3.8) is 0 Å². The number of amides is 1. The molecule has 0 unspecified atom stereocenters. The van der Waals surface area contributed by atoms with Gasteiger partial charge in [0.05, 0.1) is 30.9 Å². The highest BCUT2D eigenvalue weighted by molar-refractivity contribution is 6.35. The van der Waals surface area contributed by atoms with Crippen LogP contribution in [0.2, 0.25) is 0 Å². The Balaban J connectivity index is 1.44. The number of hydrogen-bond donors (Lipinski definition) is 0. The fourth-order valence-corrected chi connectivity index (χ4v) is 4.84. The number of rotatable bonds is 8. The molecule has 0 N–H and O–H groups in total. The van der Waals surface area contributed by atoms with Crippen molar-refractivity contribution < 1.29 is 41.5 Å². The van der Waals surface area contributed by atoms with Crippen LogP contribution < -0.4 is 14.4 Å². The van der Waals surface area contributed by atoms with E-state index in [1.165, 1.54) is 37.4 Å². The first-order chi connectivity index (χ1) is 20.0. The second kappa shape index (κ2) is 11.8. The van der Waals surface area contributed by atoms with Gasteiger partial charge in [-0.2, -0.15) is 13.2 Å². The minimum Gasteiger partial charge on any atom is -0.493 e. The van der Waals surface area contributed by atoms with Crippen molar-refractivity contribution in [3.8, 4) is 17.2 Å². The molecule has 13 heteroatoms. The molecule has 5 rings (SSSR count). The first-order valence-electron chi connectivity index (χ1n) is 12.9. The van der Waals surface area contributed by atoms with E-state index >= 15 is 0 Å². The smallest absolute Gasteiger partial charge is 0.420 e. The molecule has 3 aromatic carbocycles. The van der Waals surface area contributed by atoms with Gasteiger partial charge in [0.15, 0.2) is 11.5 Å². The van der Waals surface area contributed by atoms with Crippen LogP contribution in [0.25, 0.3) is 11.6 Å². The van der Waals surface area contributed by atoms with E-state index in [1.807, 2.05) is 0 Å². The number of anilines is 1. The van der Waals surface area contributed by atoms with E-state index in [0.717, 1.165) is 25.2 Å². The summed E-state index contributed by atoms with van der Waals surface area (Å²) in [5.41, 5.74) is -0.366. The van der Waals surface area contributed by atoms with Gasteiger partial charge in [0.1, 0.15) is 17.1 Å². The van der Waals surface area contributed by atoms with Gasteiger partial charge in [-0.15, -0.1) is 0 Å². The number of morpholine rings is 1. The van der Waals surface area contributed by atoms with E-state index in [4.69, 9.17) is 14.2 Å². The molecular weight excluding hydrogens is 562 g/mol. The Morgan fingerprint density at radius 1 is 1.00 bits per heavy atom. The predicted molar refractivity (Wildman–Crippen MR) is 145 cm³/mol. The molecule has 9 nitrogen and oxygen atoms in total. The highest BCUT2D eigenvalue weighted by atomic mass is 19.4. The van der Waals surface area contributed by atoms with Gasteiger partial charge in [-0.3, -0.25) is 19.8 Å². The third-order valence-electron chi connectivity index (χ3n) is 6.96. The number of nitro groups is 1.